The van der Waals surface area contributed by atoms with Gasteiger partial charge < -0.3 is 15.4 Å². The minimum atomic E-state index is -0.527. The molecule has 1 aliphatic carbocycles. The summed E-state index contributed by atoms with van der Waals surface area (Å²) in [6.07, 6.45) is 6.89. The number of nitrogens with one attached hydrogen (secondary N) is 2. The third-order valence-electron chi connectivity index (χ3n) is 2.89. The van der Waals surface area contributed by atoms with Crippen LogP contribution in [0.25, 0.3) is 0 Å². The van der Waals surface area contributed by atoms with Crippen LogP contribution in [0.3, 0.4) is 0 Å². The summed E-state index contributed by atoms with van der Waals surface area (Å²) in [5.74, 6) is -0.0335. The molecule has 0 aromatic rings. The van der Waals surface area contributed by atoms with Crippen molar-refractivity contribution < 1.29 is 14.3 Å². The van der Waals surface area contributed by atoms with Crippen molar-refractivity contribution in [2.24, 2.45) is 0 Å². The molecule has 0 fully saturated rings. The van der Waals surface area contributed by atoms with E-state index < -0.39 is 11.7 Å². The molecule has 0 aromatic carbocycles. The fourth-order valence-corrected chi connectivity index (χ4v) is 2.05. The Morgan fingerprint density at radius 3 is 2.60 bits per heavy atom. The zero-order chi connectivity index (χ0) is 15.2. The molecule has 0 aromatic heterocycles. The zero-order valence-electron chi connectivity index (χ0n) is 12.9. The van der Waals surface area contributed by atoms with Gasteiger partial charge in [0, 0.05) is 18.5 Å². The lowest BCUT2D eigenvalue weighted by atomic mass is 10.0. The molecule has 5 nitrogen and oxygen atoms in total. The molecule has 114 valence electrons. The predicted octanol–water partition coefficient (Wildman–Crippen LogP) is 2.51. The first kappa shape index (κ1) is 16.5. The van der Waals surface area contributed by atoms with Gasteiger partial charge in [-0.3, -0.25) is 4.79 Å². The topological polar surface area (TPSA) is 67.4 Å². The molecule has 0 saturated heterocycles. The van der Waals surface area contributed by atoms with Crippen molar-refractivity contribution in [1.82, 2.24) is 10.6 Å². The predicted molar refractivity (Wildman–Crippen MR) is 78.4 cm³/mol. The molecule has 0 bridgehead atoms. The van der Waals surface area contributed by atoms with E-state index in [1.807, 2.05) is 0 Å². The molecule has 1 aliphatic rings. The maximum Gasteiger partial charge on any atom is 0.407 e. The van der Waals surface area contributed by atoms with Crippen LogP contribution in [0.15, 0.2) is 12.2 Å². The summed E-state index contributed by atoms with van der Waals surface area (Å²) in [6.45, 7) is 7.21. The number of carbonyl (C=O) groups excluding carboxylic acids is 2. The fraction of sp³-hybridized carbons (Fsp3) is 0.733. The molecule has 0 saturated carbocycles. The van der Waals surface area contributed by atoms with Crippen LogP contribution in [0, 0.1) is 0 Å². The number of alkyl carbamates (subject to hydrolysis) is 1. The molecular formula is C15H26N2O3. The minimum absolute atomic E-state index is 0.0335. The summed E-state index contributed by atoms with van der Waals surface area (Å²) in [6, 6.07) is -0.0230. The summed E-state index contributed by atoms with van der Waals surface area (Å²) < 4.78 is 5.15. The SMILES string of the molecule is C[C@H](CC(=O)N[C@@H]1CC=CCC1)NC(=O)OC(C)(C)C. The summed E-state index contributed by atoms with van der Waals surface area (Å²) in [5.41, 5.74) is -0.527. The van der Waals surface area contributed by atoms with Crippen LogP contribution in [0.4, 0.5) is 4.79 Å². The highest BCUT2D eigenvalue weighted by atomic mass is 16.6. The Hall–Kier alpha value is -1.52. The second-order valence-corrected chi connectivity index (χ2v) is 6.30. The Morgan fingerprint density at radius 2 is 2.05 bits per heavy atom. The van der Waals surface area contributed by atoms with Crippen molar-refractivity contribution in [3.63, 3.8) is 0 Å². The van der Waals surface area contributed by atoms with Gasteiger partial charge in [0.05, 0.1) is 0 Å². The Morgan fingerprint density at radius 1 is 1.35 bits per heavy atom. The van der Waals surface area contributed by atoms with Crippen LogP contribution >= 0.6 is 0 Å². The number of rotatable bonds is 4. The maximum atomic E-state index is 11.9. The molecule has 5 heteroatoms. The molecule has 0 spiro atoms. The fourth-order valence-electron chi connectivity index (χ4n) is 2.05. The molecule has 0 heterocycles. The van der Waals surface area contributed by atoms with Crippen LogP contribution in [-0.2, 0) is 9.53 Å². The van der Waals surface area contributed by atoms with Crippen molar-refractivity contribution in [2.75, 3.05) is 0 Å². The second kappa shape index (κ2) is 7.31. The van der Waals surface area contributed by atoms with Gasteiger partial charge in [0.25, 0.3) is 0 Å². The lowest BCUT2D eigenvalue weighted by Crippen LogP contribution is -2.42. The third kappa shape index (κ3) is 7.16. The molecule has 2 atom stereocenters. The molecule has 0 unspecified atom stereocenters. The van der Waals surface area contributed by atoms with Gasteiger partial charge in [0.1, 0.15) is 5.60 Å². The van der Waals surface area contributed by atoms with E-state index in [9.17, 15) is 9.59 Å². The first-order valence-electron chi connectivity index (χ1n) is 7.20. The Bertz CT molecular complexity index is 372. The Labute approximate surface area is 121 Å². The van der Waals surface area contributed by atoms with Crippen molar-refractivity contribution >= 4 is 12.0 Å². The third-order valence-corrected chi connectivity index (χ3v) is 2.89. The smallest absolute Gasteiger partial charge is 0.407 e. The van der Waals surface area contributed by atoms with Crippen LogP contribution in [0.2, 0.25) is 0 Å². The highest BCUT2D eigenvalue weighted by Gasteiger charge is 2.20. The highest BCUT2D eigenvalue weighted by molar-refractivity contribution is 5.78. The van der Waals surface area contributed by atoms with Crippen molar-refractivity contribution in [1.29, 1.82) is 0 Å². The summed E-state index contributed by atoms with van der Waals surface area (Å²) in [5, 5.41) is 5.66. The highest BCUT2D eigenvalue weighted by Crippen LogP contribution is 2.11. The minimum Gasteiger partial charge on any atom is -0.444 e. The van der Waals surface area contributed by atoms with E-state index in [1.54, 1.807) is 27.7 Å². The van der Waals surface area contributed by atoms with Crippen LogP contribution in [-0.4, -0.2) is 29.7 Å². The second-order valence-electron chi connectivity index (χ2n) is 6.30. The molecule has 0 aliphatic heterocycles. The number of ether oxygens (including phenoxy) is 1. The van der Waals surface area contributed by atoms with Gasteiger partial charge in [-0.25, -0.2) is 4.79 Å². The Balaban J connectivity index is 2.27. The van der Waals surface area contributed by atoms with Gasteiger partial charge in [0.2, 0.25) is 5.91 Å². The van der Waals surface area contributed by atoms with Gasteiger partial charge >= 0.3 is 6.09 Å². The van der Waals surface area contributed by atoms with Gasteiger partial charge in [0.15, 0.2) is 0 Å². The molecule has 0 radical (unpaired) electrons. The lowest BCUT2D eigenvalue weighted by molar-refractivity contribution is -0.122. The Kier molecular flexibility index (Phi) is 6.05. The zero-order valence-corrected chi connectivity index (χ0v) is 12.9. The summed E-state index contributed by atoms with van der Waals surface area (Å²) in [4.78, 5) is 23.4. The van der Waals surface area contributed by atoms with Crippen LogP contribution < -0.4 is 10.6 Å². The van der Waals surface area contributed by atoms with Crippen molar-refractivity contribution in [2.45, 2.75) is 71.1 Å². The molecule has 1 rings (SSSR count). The van der Waals surface area contributed by atoms with E-state index in [0.29, 0.717) is 0 Å². The quantitative estimate of drug-likeness (QED) is 0.779. The lowest BCUT2D eigenvalue weighted by Gasteiger charge is -2.23. The number of allylic oxidation sites excluding steroid dienone is 1. The van der Waals surface area contributed by atoms with Gasteiger partial charge in [-0.05, 0) is 47.0 Å². The standard InChI is InChI=1S/C15H26N2O3/c1-11(16-14(19)20-15(2,3)4)10-13(18)17-12-8-6-5-7-9-12/h5-6,11-12H,7-10H2,1-4H3,(H,16,19)(H,17,18)/t11-,12-/m1/s1. The van der Waals surface area contributed by atoms with Crippen LogP contribution in [0.5, 0.6) is 0 Å². The van der Waals surface area contributed by atoms with Gasteiger partial charge in [-0.1, -0.05) is 12.2 Å². The average molecular weight is 282 g/mol. The van der Waals surface area contributed by atoms with Crippen LogP contribution in [0.1, 0.15) is 53.4 Å². The van der Waals surface area contributed by atoms with E-state index in [-0.39, 0.29) is 24.4 Å². The summed E-state index contributed by atoms with van der Waals surface area (Å²) in [7, 11) is 0. The monoisotopic (exact) mass is 282 g/mol. The number of hydrogen-bond acceptors (Lipinski definition) is 3. The van der Waals surface area contributed by atoms with E-state index >= 15 is 0 Å². The van der Waals surface area contributed by atoms with E-state index in [4.69, 9.17) is 4.74 Å². The van der Waals surface area contributed by atoms with Crippen molar-refractivity contribution in [3.8, 4) is 0 Å². The molecular weight excluding hydrogens is 256 g/mol. The average Bonchev–Trinajstić information content (AvgIpc) is 2.26. The first-order valence-corrected chi connectivity index (χ1v) is 7.20. The first-order chi connectivity index (χ1) is 9.26. The number of amides is 2. The van der Waals surface area contributed by atoms with Gasteiger partial charge in [-0.15, -0.1) is 0 Å². The largest absolute Gasteiger partial charge is 0.444 e. The normalized spacial score (nSPS) is 20.1. The van der Waals surface area contributed by atoms with E-state index in [2.05, 4.69) is 22.8 Å². The molecule has 2 amide bonds. The number of carbonyl (C=O) groups is 2. The van der Waals surface area contributed by atoms with E-state index in [1.165, 1.54) is 0 Å². The number of hydrogen-bond donors (Lipinski definition) is 2. The van der Waals surface area contributed by atoms with Crippen molar-refractivity contribution in [3.05, 3.63) is 12.2 Å². The maximum absolute atomic E-state index is 11.9. The van der Waals surface area contributed by atoms with Gasteiger partial charge in [-0.2, -0.15) is 0 Å². The molecule has 2 N–H and O–H groups in total. The van der Waals surface area contributed by atoms with E-state index in [0.717, 1.165) is 19.3 Å². The summed E-state index contributed by atoms with van der Waals surface area (Å²) >= 11 is 0. The molecule has 20 heavy (non-hydrogen) atoms.